The number of carbonyl (C=O) groups is 1. The molecule has 1 aliphatic carbocycles. The van der Waals surface area contributed by atoms with Gasteiger partial charge in [0.05, 0.1) is 0 Å². The molecule has 3 N–H and O–H groups in total. The van der Waals surface area contributed by atoms with Crippen LogP contribution in [0.4, 0.5) is 10.5 Å². The number of benzene rings is 1. The van der Waals surface area contributed by atoms with Crippen molar-refractivity contribution in [1.29, 1.82) is 0 Å². The van der Waals surface area contributed by atoms with E-state index in [1.54, 1.807) is 0 Å². The van der Waals surface area contributed by atoms with Gasteiger partial charge in [-0.2, -0.15) is 0 Å². The Morgan fingerprint density at radius 2 is 2.00 bits per heavy atom. The fraction of sp³-hybridized carbons (Fsp3) is 0.533. The SMILES string of the molecule is CNC(C)c1ccc(NC(=O)NCC2CC2C)cc1. The maximum Gasteiger partial charge on any atom is 0.319 e. The number of rotatable bonds is 5. The van der Waals surface area contributed by atoms with Gasteiger partial charge in [0, 0.05) is 18.3 Å². The molecule has 0 saturated heterocycles. The van der Waals surface area contributed by atoms with Crippen LogP contribution in [0.2, 0.25) is 0 Å². The largest absolute Gasteiger partial charge is 0.338 e. The summed E-state index contributed by atoms with van der Waals surface area (Å²) >= 11 is 0. The van der Waals surface area contributed by atoms with Crippen LogP contribution in [0, 0.1) is 11.8 Å². The van der Waals surface area contributed by atoms with E-state index in [-0.39, 0.29) is 6.03 Å². The first-order chi connectivity index (χ1) is 9.10. The van der Waals surface area contributed by atoms with Crippen molar-refractivity contribution in [3.63, 3.8) is 0 Å². The molecule has 19 heavy (non-hydrogen) atoms. The smallest absolute Gasteiger partial charge is 0.319 e. The van der Waals surface area contributed by atoms with Crippen LogP contribution >= 0.6 is 0 Å². The minimum absolute atomic E-state index is 0.117. The highest BCUT2D eigenvalue weighted by molar-refractivity contribution is 5.89. The average molecular weight is 261 g/mol. The highest BCUT2D eigenvalue weighted by atomic mass is 16.2. The second-order valence-corrected chi connectivity index (χ2v) is 5.44. The molecule has 0 heterocycles. The Labute approximate surface area is 115 Å². The lowest BCUT2D eigenvalue weighted by Gasteiger charge is -2.12. The van der Waals surface area contributed by atoms with Crippen molar-refractivity contribution in [1.82, 2.24) is 10.6 Å². The fourth-order valence-electron chi connectivity index (χ4n) is 2.10. The van der Waals surface area contributed by atoms with Crippen LogP contribution in [0.5, 0.6) is 0 Å². The summed E-state index contributed by atoms with van der Waals surface area (Å²) in [5.74, 6) is 1.44. The zero-order chi connectivity index (χ0) is 13.8. The molecule has 2 rings (SSSR count). The van der Waals surface area contributed by atoms with Gasteiger partial charge in [0.2, 0.25) is 0 Å². The number of anilines is 1. The van der Waals surface area contributed by atoms with E-state index in [9.17, 15) is 4.79 Å². The van der Waals surface area contributed by atoms with E-state index >= 15 is 0 Å². The van der Waals surface area contributed by atoms with Gasteiger partial charge in [-0.05, 0) is 49.9 Å². The summed E-state index contributed by atoms with van der Waals surface area (Å²) < 4.78 is 0. The van der Waals surface area contributed by atoms with Gasteiger partial charge < -0.3 is 16.0 Å². The third-order valence-electron chi connectivity index (χ3n) is 3.90. The molecule has 1 saturated carbocycles. The van der Waals surface area contributed by atoms with E-state index in [4.69, 9.17) is 0 Å². The van der Waals surface area contributed by atoms with Gasteiger partial charge in [0.15, 0.2) is 0 Å². The van der Waals surface area contributed by atoms with Gasteiger partial charge in [-0.3, -0.25) is 0 Å². The number of hydrogen-bond acceptors (Lipinski definition) is 2. The van der Waals surface area contributed by atoms with Gasteiger partial charge in [-0.15, -0.1) is 0 Å². The summed E-state index contributed by atoms with van der Waals surface area (Å²) in [6, 6.07) is 8.12. The molecule has 0 bridgehead atoms. The molecule has 104 valence electrons. The van der Waals surface area contributed by atoms with E-state index in [2.05, 4.69) is 29.8 Å². The Hall–Kier alpha value is -1.55. The molecule has 3 atom stereocenters. The normalized spacial score (nSPS) is 22.7. The molecule has 2 amide bonds. The molecular formula is C15H23N3O. The van der Waals surface area contributed by atoms with Gasteiger partial charge in [0.1, 0.15) is 0 Å². The van der Waals surface area contributed by atoms with Crippen molar-refractivity contribution in [3.05, 3.63) is 29.8 Å². The third kappa shape index (κ3) is 3.96. The summed E-state index contributed by atoms with van der Waals surface area (Å²) in [7, 11) is 1.93. The van der Waals surface area contributed by atoms with Gasteiger partial charge >= 0.3 is 6.03 Å². The Bertz CT molecular complexity index is 430. The molecule has 1 aromatic rings. The van der Waals surface area contributed by atoms with Crippen LogP contribution in [-0.2, 0) is 0 Å². The molecule has 1 aliphatic rings. The van der Waals surface area contributed by atoms with E-state index in [0.29, 0.717) is 12.0 Å². The van der Waals surface area contributed by atoms with Crippen molar-refractivity contribution in [2.75, 3.05) is 18.9 Å². The highest BCUT2D eigenvalue weighted by Crippen LogP contribution is 2.36. The topological polar surface area (TPSA) is 53.2 Å². The molecule has 0 aliphatic heterocycles. The third-order valence-corrected chi connectivity index (χ3v) is 3.90. The van der Waals surface area contributed by atoms with Gasteiger partial charge in [0.25, 0.3) is 0 Å². The predicted octanol–water partition coefficient (Wildman–Crippen LogP) is 2.74. The van der Waals surface area contributed by atoms with Crippen molar-refractivity contribution in [2.45, 2.75) is 26.3 Å². The lowest BCUT2D eigenvalue weighted by molar-refractivity contribution is 0.251. The minimum Gasteiger partial charge on any atom is -0.338 e. The van der Waals surface area contributed by atoms with Crippen molar-refractivity contribution in [3.8, 4) is 0 Å². The van der Waals surface area contributed by atoms with E-state index < -0.39 is 0 Å². The van der Waals surface area contributed by atoms with Gasteiger partial charge in [-0.25, -0.2) is 4.79 Å². The summed E-state index contributed by atoms with van der Waals surface area (Å²) in [6.45, 7) is 5.10. The number of amides is 2. The fourth-order valence-corrected chi connectivity index (χ4v) is 2.10. The Morgan fingerprint density at radius 3 is 2.53 bits per heavy atom. The molecule has 1 aromatic carbocycles. The number of carbonyl (C=O) groups excluding carboxylic acids is 1. The minimum atomic E-state index is -0.117. The molecular weight excluding hydrogens is 238 g/mol. The summed E-state index contributed by atoms with van der Waals surface area (Å²) in [6.07, 6.45) is 1.23. The van der Waals surface area contributed by atoms with Crippen LogP contribution in [0.15, 0.2) is 24.3 Å². The quantitative estimate of drug-likeness (QED) is 0.763. The van der Waals surface area contributed by atoms with Crippen LogP contribution in [0.3, 0.4) is 0 Å². The van der Waals surface area contributed by atoms with Crippen LogP contribution in [-0.4, -0.2) is 19.6 Å². The molecule has 4 nitrogen and oxygen atoms in total. The second-order valence-electron chi connectivity index (χ2n) is 5.44. The number of urea groups is 1. The number of hydrogen-bond donors (Lipinski definition) is 3. The first-order valence-electron chi connectivity index (χ1n) is 6.92. The lowest BCUT2D eigenvalue weighted by Crippen LogP contribution is -2.30. The molecule has 0 radical (unpaired) electrons. The van der Waals surface area contributed by atoms with E-state index in [0.717, 1.165) is 18.2 Å². The lowest BCUT2D eigenvalue weighted by atomic mass is 10.1. The maximum atomic E-state index is 11.7. The zero-order valence-corrected chi connectivity index (χ0v) is 11.9. The standard InChI is InChI=1S/C15H23N3O/c1-10-8-13(10)9-17-15(19)18-14-6-4-12(5-7-14)11(2)16-3/h4-7,10-11,13,16H,8-9H2,1-3H3,(H2,17,18,19). The van der Waals surface area contributed by atoms with Crippen molar-refractivity contribution in [2.24, 2.45) is 11.8 Å². The Morgan fingerprint density at radius 1 is 1.37 bits per heavy atom. The first kappa shape index (κ1) is 13.9. The van der Waals surface area contributed by atoms with E-state index in [1.807, 2.05) is 31.3 Å². The summed E-state index contributed by atoms with van der Waals surface area (Å²) in [5.41, 5.74) is 2.04. The summed E-state index contributed by atoms with van der Waals surface area (Å²) in [4.78, 5) is 11.7. The zero-order valence-electron chi connectivity index (χ0n) is 11.9. The Kier molecular flexibility index (Phi) is 4.43. The van der Waals surface area contributed by atoms with Crippen LogP contribution in [0.25, 0.3) is 0 Å². The average Bonchev–Trinajstić information content (AvgIpc) is 3.12. The molecule has 3 unspecified atom stereocenters. The molecule has 1 fully saturated rings. The highest BCUT2D eigenvalue weighted by Gasteiger charge is 2.32. The van der Waals surface area contributed by atoms with Crippen molar-refractivity contribution >= 4 is 11.7 Å². The van der Waals surface area contributed by atoms with Crippen molar-refractivity contribution < 1.29 is 4.79 Å². The molecule has 4 heteroatoms. The monoisotopic (exact) mass is 261 g/mol. The van der Waals surface area contributed by atoms with Gasteiger partial charge in [-0.1, -0.05) is 19.1 Å². The van der Waals surface area contributed by atoms with E-state index in [1.165, 1.54) is 12.0 Å². The first-order valence-corrected chi connectivity index (χ1v) is 6.92. The predicted molar refractivity (Wildman–Crippen MR) is 78.2 cm³/mol. The Balaban J connectivity index is 1.79. The summed E-state index contributed by atoms with van der Waals surface area (Å²) in [5, 5.41) is 8.95. The number of nitrogens with one attached hydrogen (secondary N) is 3. The van der Waals surface area contributed by atoms with Crippen LogP contribution < -0.4 is 16.0 Å². The van der Waals surface area contributed by atoms with Crippen LogP contribution in [0.1, 0.15) is 31.9 Å². The maximum absolute atomic E-state index is 11.7. The molecule has 0 aromatic heterocycles. The molecule has 0 spiro atoms. The second kappa shape index (κ2) is 6.06.